The van der Waals surface area contributed by atoms with E-state index in [0.717, 1.165) is 12.0 Å². The van der Waals surface area contributed by atoms with Gasteiger partial charge in [0.15, 0.2) is 0 Å². The Bertz CT molecular complexity index is 197. The number of fused-ring (bicyclic) bond motifs is 2. The average molecular weight is 185 g/mol. The highest BCUT2D eigenvalue weighted by atomic mass is 32.2. The summed E-state index contributed by atoms with van der Waals surface area (Å²) in [4.78, 5) is 13.2. The Morgan fingerprint density at radius 3 is 3.00 bits per heavy atom. The number of carbonyl (C=O) groups excluding carboxylic acids is 1. The predicted molar refractivity (Wildman–Crippen MR) is 51.1 cm³/mol. The molecule has 0 saturated carbocycles. The van der Waals surface area contributed by atoms with E-state index < -0.39 is 0 Å². The van der Waals surface area contributed by atoms with E-state index in [-0.39, 0.29) is 5.92 Å². The number of hydrogen-bond donors (Lipinski definition) is 0. The minimum atomic E-state index is 0.279. The molecule has 0 aromatic rings. The van der Waals surface area contributed by atoms with E-state index in [1.165, 1.54) is 6.42 Å². The Kier molecular flexibility index (Phi) is 2.17. The quantitative estimate of drug-likeness (QED) is 0.573. The second-order valence-corrected chi connectivity index (χ2v) is 5.16. The fraction of sp³-hybridized carbons (Fsp3) is 0.889. The van der Waals surface area contributed by atoms with Gasteiger partial charge in [0.2, 0.25) is 0 Å². The van der Waals surface area contributed by atoms with E-state index in [0.29, 0.717) is 17.3 Å². The summed E-state index contributed by atoms with van der Waals surface area (Å²) in [7, 11) is 2.15. The van der Waals surface area contributed by atoms with Crippen LogP contribution in [-0.4, -0.2) is 35.4 Å². The van der Waals surface area contributed by atoms with E-state index in [1.54, 1.807) is 0 Å². The monoisotopic (exact) mass is 185 g/mol. The van der Waals surface area contributed by atoms with Crippen LogP contribution in [0.3, 0.4) is 0 Å². The Hall–Kier alpha value is -0.0200. The van der Waals surface area contributed by atoms with Crippen molar-refractivity contribution in [2.45, 2.75) is 24.8 Å². The first kappa shape index (κ1) is 8.57. The number of carbonyl (C=O) groups is 1. The molecule has 0 aliphatic carbocycles. The summed E-state index contributed by atoms with van der Waals surface area (Å²) in [5.74, 6) is 2.01. The Morgan fingerprint density at radius 1 is 1.58 bits per heavy atom. The fourth-order valence-electron chi connectivity index (χ4n) is 2.35. The molecule has 68 valence electrons. The molecule has 0 amide bonds. The first-order chi connectivity index (χ1) is 5.74. The molecule has 0 spiro atoms. The SMILES string of the molecule is CC1CC2SCC(C1C=O)N2C. The van der Waals surface area contributed by atoms with E-state index in [2.05, 4.69) is 18.9 Å². The van der Waals surface area contributed by atoms with Gasteiger partial charge in [-0.3, -0.25) is 4.90 Å². The summed E-state index contributed by atoms with van der Waals surface area (Å²) in [6.07, 6.45) is 2.34. The molecule has 2 aliphatic heterocycles. The van der Waals surface area contributed by atoms with Crippen LogP contribution in [0.25, 0.3) is 0 Å². The number of nitrogens with zero attached hydrogens (tertiary/aromatic N) is 1. The minimum absolute atomic E-state index is 0.279. The van der Waals surface area contributed by atoms with Gasteiger partial charge in [0, 0.05) is 17.7 Å². The summed E-state index contributed by atoms with van der Waals surface area (Å²) in [6, 6.07) is 0.515. The molecule has 2 aliphatic rings. The maximum atomic E-state index is 10.9. The topological polar surface area (TPSA) is 20.3 Å². The smallest absolute Gasteiger partial charge is 0.124 e. The number of hydrogen-bond acceptors (Lipinski definition) is 3. The minimum Gasteiger partial charge on any atom is -0.303 e. The van der Waals surface area contributed by atoms with E-state index in [1.807, 2.05) is 11.8 Å². The van der Waals surface area contributed by atoms with Gasteiger partial charge in [0.1, 0.15) is 6.29 Å². The van der Waals surface area contributed by atoms with Crippen molar-refractivity contribution in [3.05, 3.63) is 0 Å². The van der Waals surface area contributed by atoms with Crippen molar-refractivity contribution in [1.29, 1.82) is 0 Å². The summed E-state index contributed by atoms with van der Waals surface area (Å²) in [5, 5.41) is 0.682. The van der Waals surface area contributed by atoms with Crippen LogP contribution < -0.4 is 0 Å². The zero-order valence-corrected chi connectivity index (χ0v) is 8.38. The molecule has 4 unspecified atom stereocenters. The zero-order chi connectivity index (χ0) is 8.72. The fourth-order valence-corrected chi connectivity index (χ4v) is 4.06. The number of thioether (sulfide) groups is 1. The van der Waals surface area contributed by atoms with Gasteiger partial charge in [-0.25, -0.2) is 0 Å². The molecular formula is C9H15NOS. The van der Waals surface area contributed by atoms with Crippen LogP contribution in [0.2, 0.25) is 0 Å². The van der Waals surface area contributed by atoms with Crippen LogP contribution in [0.5, 0.6) is 0 Å². The maximum absolute atomic E-state index is 10.9. The highest BCUT2D eigenvalue weighted by Gasteiger charge is 2.44. The van der Waals surface area contributed by atoms with Crippen molar-refractivity contribution in [3.8, 4) is 0 Å². The molecule has 0 aromatic carbocycles. The van der Waals surface area contributed by atoms with Gasteiger partial charge < -0.3 is 4.79 Å². The van der Waals surface area contributed by atoms with Gasteiger partial charge in [-0.15, -0.1) is 11.8 Å². The van der Waals surface area contributed by atoms with Gasteiger partial charge in [-0.1, -0.05) is 6.92 Å². The molecule has 2 rings (SSSR count). The molecule has 2 bridgehead atoms. The van der Waals surface area contributed by atoms with Crippen LogP contribution in [0.1, 0.15) is 13.3 Å². The van der Waals surface area contributed by atoms with Crippen LogP contribution in [0, 0.1) is 11.8 Å². The zero-order valence-electron chi connectivity index (χ0n) is 7.56. The third-order valence-corrected chi connectivity index (χ3v) is 4.71. The van der Waals surface area contributed by atoms with Gasteiger partial charge >= 0.3 is 0 Å². The highest BCUT2D eigenvalue weighted by Crippen LogP contribution is 2.42. The second-order valence-electron chi connectivity index (χ2n) is 3.95. The molecule has 2 heterocycles. The van der Waals surface area contributed by atoms with E-state index >= 15 is 0 Å². The first-order valence-electron chi connectivity index (χ1n) is 4.53. The first-order valence-corrected chi connectivity index (χ1v) is 5.57. The van der Waals surface area contributed by atoms with Crippen LogP contribution in [-0.2, 0) is 4.79 Å². The third kappa shape index (κ3) is 1.11. The molecule has 4 atom stereocenters. The summed E-state index contributed by atoms with van der Waals surface area (Å²) < 4.78 is 0. The largest absolute Gasteiger partial charge is 0.303 e. The van der Waals surface area contributed by atoms with Crippen LogP contribution >= 0.6 is 11.8 Å². The van der Waals surface area contributed by atoms with E-state index in [4.69, 9.17) is 0 Å². The van der Waals surface area contributed by atoms with Crippen LogP contribution in [0.4, 0.5) is 0 Å². The lowest BCUT2D eigenvalue weighted by Gasteiger charge is -2.38. The van der Waals surface area contributed by atoms with Crippen molar-refractivity contribution < 1.29 is 4.79 Å². The standard InChI is InChI=1S/C9H15NOS/c1-6-3-9-10(2)8(5-12-9)7(6)4-11/h4,6-9H,3,5H2,1-2H3. The highest BCUT2D eigenvalue weighted by molar-refractivity contribution is 8.00. The lowest BCUT2D eigenvalue weighted by molar-refractivity contribution is -0.115. The molecule has 2 nitrogen and oxygen atoms in total. The number of aldehydes is 1. The van der Waals surface area contributed by atoms with E-state index in [9.17, 15) is 4.79 Å². The molecular weight excluding hydrogens is 170 g/mol. The lowest BCUT2D eigenvalue weighted by atomic mass is 9.83. The van der Waals surface area contributed by atoms with Gasteiger partial charge in [0.05, 0.1) is 5.37 Å². The lowest BCUT2D eigenvalue weighted by Crippen LogP contribution is -2.47. The Labute approximate surface area is 77.7 Å². The van der Waals surface area contributed by atoms with Crippen molar-refractivity contribution in [3.63, 3.8) is 0 Å². The molecule has 0 radical (unpaired) electrons. The second kappa shape index (κ2) is 3.04. The van der Waals surface area contributed by atoms with Crippen LogP contribution in [0.15, 0.2) is 0 Å². The summed E-state index contributed by atoms with van der Waals surface area (Å²) >= 11 is 2.01. The number of rotatable bonds is 1. The van der Waals surface area contributed by atoms with Crippen molar-refractivity contribution in [2.75, 3.05) is 12.8 Å². The van der Waals surface area contributed by atoms with Gasteiger partial charge in [-0.05, 0) is 19.4 Å². The summed E-state index contributed by atoms with van der Waals surface area (Å²) in [6.45, 7) is 2.21. The van der Waals surface area contributed by atoms with Crippen molar-refractivity contribution in [1.82, 2.24) is 4.90 Å². The predicted octanol–water partition coefficient (Wildman–Crippen LogP) is 1.21. The van der Waals surface area contributed by atoms with Crippen molar-refractivity contribution in [2.24, 2.45) is 11.8 Å². The molecule has 0 aromatic heterocycles. The molecule has 12 heavy (non-hydrogen) atoms. The normalized spacial score (nSPS) is 47.8. The molecule has 2 saturated heterocycles. The number of piperidine rings is 1. The Balaban J connectivity index is 2.19. The third-order valence-electron chi connectivity index (χ3n) is 3.27. The van der Waals surface area contributed by atoms with Gasteiger partial charge in [-0.2, -0.15) is 0 Å². The molecule has 2 fully saturated rings. The summed E-state index contributed by atoms with van der Waals surface area (Å²) in [5.41, 5.74) is 0. The average Bonchev–Trinajstić information content (AvgIpc) is 2.34. The molecule has 0 N–H and O–H groups in total. The maximum Gasteiger partial charge on any atom is 0.124 e. The van der Waals surface area contributed by atoms with Crippen molar-refractivity contribution >= 4 is 18.0 Å². The van der Waals surface area contributed by atoms with Gasteiger partial charge in [0.25, 0.3) is 0 Å². The Morgan fingerprint density at radius 2 is 2.33 bits per heavy atom. The molecule has 3 heteroatoms.